The molecule has 1 amide bonds. The first-order chi connectivity index (χ1) is 13.0. The number of carbonyl (C=O) groups excluding carboxylic acids is 1. The number of nitrogens with one attached hydrogen (secondary N) is 1. The van der Waals surface area contributed by atoms with E-state index in [0.717, 1.165) is 12.8 Å². The quantitative estimate of drug-likeness (QED) is 0.812. The van der Waals surface area contributed by atoms with Crippen LogP contribution in [0.2, 0.25) is 0 Å². The first kappa shape index (κ1) is 19.3. The van der Waals surface area contributed by atoms with E-state index in [4.69, 9.17) is 15.2 Å². The summed E-state index contributed by atoms with van der Waals surface area (Å²) in [5.41, 5.74) is 6.91. The van der Waals surface area contributed by atoms with Crippen molar-refractivity contribution >= 4 is 11.6 Å². The van der Waals surface area contributed by atoms with Crippen molar-refractivity contribution in [1.29, 1.82) is 0 Å². The summed E-state index contributed by atoms with van der Waals surface area (Å²) in [6, 6.07) is 9.37. The van der Waals surface area contributed by atoms with Gasteiger partial charge in [0.05, 0.1) is 6.04 Å². The highest BCUT2D eigenvalue weighted by Gasteiger charge is 2.26. The number of ether oxygens (including phenoxy) is 2. The summed E-state index contributed by atoms with van der Waals surface area (Å²) >= 11 is 0. The van der Waals surface area contributed by atoms with Crippen LogP contribution in [0.15, 0.2) is 42.5 Å². The fraction of sp³-hybridized carbons (Fsp3) is 0.350. The second kappa shape index (κ2) is 8.92. The van der Waals surface area contributed by atoms with Crippen molar-refractivity contribution in [2.24, 2.45) is 11.7 Å². The highest BCUT2D eigenvalue weighted by Crippen LogP contribution is 2.23. The Kier molecular flexibility index (Phi) is 6.36. The topological polar surface area (TPSA) is 73.6 Å². The van der Waals surface area contributed by atoms with Gasteiger partial charge in [0.15, 0.2) is 11.6 Å². The normalized spacial score (nSPS) is 16.0. The van der Waals surface area contributed by atoms with Gasteiger partial charge in [0.1, 0.15) is 12.4 Å². The van der Waals surface area contributed by atoms with E-state index in [1.165, 1.54) is 24.3 Å². The molecule has 0 spiro atoms. The van der Waals surface area contributed by atoms with Crippen LogP contribution >= 0.6 is 0 Å². The molecule has 0 bridgehead atoms. The molecular formula is C20H22F2N2O3. The predicted molar refractivity (Wildman–Crippen MR) is 97.3 cm³/mol. The lowest BCUT2D eigenvalue weighted by molar-refractivity contribution is -0.119. The lowest BCUT2D eigenvalue weighted by atomic mass is 9.92. The van der Waals surface area contributed by atoms with E-state index in [-0.39, 0.29) is 30.0 Å². The fourth-order valence-electron chi connectivity index (χ4n) is 3.00. The Morgan fingerprint density at radius 2 is 2.00 bits per heavy atom. The molecule has 5 nitrogen and oxygen atoms in total. The highest BCUT2D eigenvalue weighted by molar-refractivity contribution is 5.94. The van der Waals surface area contributed by atoms with Gasteiger partial charge in [0.25, 0.3) is 0 Å². The Morgan fingerprint density at radius 1 is 1.22 bits per heavy atom. The Balaban J connectivity index is 1.58. The van der Waals surface area contributed by atoms with Gasteiger partial charge in [0.2, 0.25) is 5.91 Å². The van der Waals surface area contributed by atoms with Gasteiger partial charge in [-0.05, 0) is 48.6 Å². The van der Waals surface area contributed by atoms with Crippen molar-refractivity contribution in [3.63, 3.8) is 0 Å². The lowest BCUT2D eigenvalue weighted by Gasteiger charge is -2.26. The zero-order valence-electron chi connectivity index (χ0n) is 14.8. The number of carbonyl (C=O) groups is 1. The SMILES string of the molecule is NC(C(=O)Nc1ccc(OCc2cccc(F)c2)c(F)c1)C1CCOCC1. The molecule has 2 aromatic carbocycles. The molecule has 2 aromatic rings. The molecule has 0 saturated carbocycles. The standard InChI is InChI=1S/C20H22F2N2O3/c21-15-3-1-2-13(10-15)12-27-18-5-4-16(11-17(18)22)24-20(25)19(23)14-6-8-26-9-7-14/h1-5,10-11,14,19H,6-9,12,23H2,(H,24,25). The minimum Gasteiger partial charge on any atom is -0.486 e. The van der Waals surface area contributed by atoms with Gasteiger partial charge in [-0.3, -0.25) is 4.79 Å². The molecule has 7 heteroatoms. The first-order valence-corrected chi connectivity index (χ1v) is 8.84. The number of nitrogens with two attached hydrogens (primary N) is 1. The van der Waals surface area contributed by atoms with Crippen LogP contribution in [-0.4, -0.2) is 25.2 Å². The molecule has 0 aromatic heterocycles. The molecule has 1 saturated heterocycles. The van der Waals surface area contributed by atoms with Gasteiger partial charge in [-0.1, -0.05) is 12.1 Å². The van der Waals surface area contributed by atoms with Gasteiger partial charge >= 0.3 is 0 Å². The minimum absolute atomic E-state index is 0.0194. The molecule has 1 unspecified atom stereocenters. The predicted octanol–water partition coefficient (Wildman–Crippen LogP) is 3.24. The van der Waals surface area contributed by atoms with E-state index >= 15 is 0 Å². The van der Waals surface area contributed by atoms with Gasteiger partial charge in [-0.25, -0.2) is 8.78 Å². The third kappa shape index (κ3) is 5.24. The van der Waals surface area contributed by atoms with E-state index in [2.05, 4.69) is 5.32 Å². The summed E-state index contributed by atoms with van der Waals surface area (Å²) in [5, 5.41) is 2.64. The van der Waals surface area contributed by atoms with Crippen molar-refractivity contribution in [1.82, 2.24) is 0 Å². The van der Waals surface area contributed by atoms with E-state index < -0.39 is 11.9 Å². The summed E-state index contributed by atoms with van der Waals surface area (Å²) in [4.78, 5) is 12.3. The first-order valence-electron chi connectivity index (χ1n) is 8.84. The van der Waals surface area contributed by atoms with Gasteiger partial charge in [-0.15, -0.1) is 0 Å². The second-order valence-electron chi connectivity index (χ2n) is 6.53. The number of hydrogen-bond acceptors (Lipinski definition) is 4. The molecule has 144 valence electrons. The Morgan fingerprint density at radius 3 is 2.70 bits per heavy atom. The summed E-state index contributed by atoms with van der Waals surface area (Å²) in [5.74, 6) is -1.28. The summed E-state index contributed by atoms with van der Waals surface area (Å²) in [7, 11) is 0. The van der Waals surface area contributed by atoms with E-state index in [1.54, 1.807) is 18.2 Å². The second-order valence-corrected chi connectivity index (χ2v) is 6.53. The van der Waals surface area contributed by atoms with Crippen molar-refractivity contribution in [2.45, 2.75) is 25.5 Å². The maximum absolute atomic E-state index is 14.2. The molecule has 0 aliphatic carbocycles. The Labute approximate surface area is 156 Å². The molecule has 3 rings (SSSR count). The third-order valence-electron chi connectivity index (χ3n) is 4.56. The van der Waals surface area contributed by atoms with Crippen molar-refractivity contribution in [2.75, 3.05) is 18.5 Å². The van der Waals surface area contributed by atoms with Crippen LogP contribution in [0.3, 0.4) is 0 Å². The molecule has 1 atom stereocenters. The van der Waals surface area contributed by atoms with Crippen LogP contribution in [0.1, 0.15) is 18.4 Å². The average molecular weight is 376 g/mol. The van der Waals surface area contributed by atoms with E-state index in [0.29, 0.717) is 24.5 Å². The maximum Gasteiger partial charge on any atom is 0.241 e. The largest absolute Gasteiger partial charge is 0.486 e. The molecule has 1 fully saturated rings. The molecule has 27 heavy (non-hydrogen) atoms. The summed E-state index contributed by atoms with van der Waals surface area (Å²) in [6.45, 7) is 1.23. The van der Waals surface area contributed by atoms with Gasteiger partial charge in [-0.2, -0.15) is 0 Å². The van der Waals surface area contributed by atoms with Crippen LogP contribution in [0, 0.1) is 17.6 Å². The average Bonchev–Trinajstić information content (AvgIpc) is 2.67. The number of halogens is 2. The number of rotatable bonds is 6. The summed E-state index contributed by atoms with van der Waals surface area (Å²) < 4.78 is 38.1. The number of amides is 1. The van der Waals surface area contributed by atoms with E-state index in [1.807, 2.05) is 0 Å². The summed E-state index contributed by atoms with van der Waals surface area (Å²) in [6.07, 6.45) is 1.46. The Bertz CT molecular complexity index is 795. The van der Waals surface area contributed by atoms with Crippen LogP contribution < -0.4 is 15.8 Å². The highest BCUT2D eigenvalue weighted by atomic mass is 19.1. The van der Waals surface area contributed by atoms with Crippen LogP contribution in [0.25, 0.3) is 0 Å². The van der Waals surface area contributed by atoms with Crippen LogP contribution in [0.4, 0.5) is 14.5 Å². The zero-order chi connectivity index (χ0) is 19.2. The smallest absolute Gasteiger partial charge is 0.241 e. The Hall–Kier alpha value is -2.51. The zero-order valence-corrected chi connectivity index (χ0v) is 14.8. The van der Waals surface area contributed by atoms with Crippen molar-refractivity contribution < 1.29 is 23.0 Å². The third-order valence-corrected chi connectivity index (χ3v) is 4.56. The number of hydrogen-bond donors (Lipinski definition) is 2. The van der Waals surface area contributed by atoms with Crippen molar-refractivity contribution in [3.05, 3.63) is 59.7 Å². The monoisotopic (exact) mass is 376 g/mol. The molecule has 0 radical (unpaired) electrons. The van der Waals surface area contributed by atoms with Crippen LogP contribution in [0.5, 0.6) is 5.75 Å². The maximum atomic E-state index is 14.2. The molecule has 1 heterocycles. The molecule has 1 aliphatic rings. The number of anilines is 1. The van der Waals surface area contributed by atoms with E-state index in [9.17, 15) is 13.6 Å². The van der Waals surface area contributed by atoms with Crippen molar-refractivity contribution in [3.8, 4) is 5.75 Å². The fourth-order valence-corrected chi connectivity index (χ4v) is 3.00. The molecule has 1 aliphatic heterocycles. The van der Waals surface area contributed by atoms with Crippen LogP contribution in [-0.2, 0) is 16.1 Å². The minimum atomic E-state index is -0.666. The van der Waals surface area contributed by atoms with Gasteiger partial charge < -0.3 is 20.5 Å². The lowest BCUT2D eigenvalue weighted by Crippen LogP contribution is -2.44. The van der Waals surface area contributed by atoms with Gasteiger partial charge in [0, 0.05) is 25.0 Å². The number of benzene rings is 2. The molecule has 3 N–H and O–H groups in total. The molecular weight excluding hydrogens is 354 g/mol.